The Labute approximate surface area is 165 Å². The number of aryl methyl sites for hydroxylation is 1. The summed E-state index contributed by atoms with van der Waals surface area (Å²) in [5.74, 6) is 0.276. The number of nitrogens with one attached hydrogen (secondary N) is 1. The SMILES string of the molecule is CCC(C(=O)Nc1ccc(C)c(-c2ccccc2)c1)c1ccc(OCO)cc1. The van der Waals surface area contributed by atoms with E-state index in [1.165, 1.54) is 0 Å². The number of aliphatic hydroxyl groups excluding tert-OH is 1. The van der Waals surface area contributed by atoms with E-state index in [-0.39, 0.29) is 18.6 Å². The van der Waals surface area contributed by atoms with E-state index in [0.29, 0.717) is 12.2 Å². The van der Waals surface area contributed by atoms with Gasteiger partial charge in [0.2, 0.25) is 5.91 Å². The molecule has 2 N–H and O–H groups in total. The minimum Gasteiger partial charge on any atom is -0.468 e. The molecule has 0 bridgehead atoms. The number of anilines is 1. The second-order valence-electron chi connectivity index (χ2n) is 6.69. The van der Waals surface area contributed by atoms with Gasteiger partial charge in [0.05, 0.1) is 5.92 Å². The van der Waals surface area contributed by atoms with Crippen molar-refractivity contribution in [2.45, 2.75) is 26.2 Å². The third-order valence-electron chi connectivity index (χ3n) is 4.83. The van der Waals surface area contributed by atoms with Crippen LogP contribution in [0.5, 0.6) is 5.75 Å². The van der Waals surface area contributed by atoms with Crippen molar-refractivity contribution in [2.75, 3.05) is 12.1 Å². The lowest BCUT2D eigenvalue weighted by atomic mass is 9.95. The van der Waals surface area contributed by atoms with Crippen LogP contribution in [0.3, 0.4) is 0 Å². The van der Waals surface area contributed by atoms with Crippen LogP contribution in [-0.2, 0) is 4.79 Å². The Balaban J connectivity index is 1.79. The Morgan fingerprint density at radius 2 is 1.75 bits per heavy atom. The maximum atomic E-state index is 12.9. The Hall–Kier alpha value is -3.11. The maximum Gasteiger partial charge on any atom is 0.231 e. The topological polar surface area (TPSA) is 58.6 Å². The Morgan fingerprint density at radius 3 is 2.39 bits per heavy atom. The quantitative estimate of drug-likeness (QED) is 0.563. The molecule has 0 fully saturated rings. The minimum absolute atomic E-state index is 0.0406. The van der Waals surface area contributed by atoms with Gasteiger partial charge in [-0.2, -0.15) is 0 Å². The van der Waals surface area contributed by atoms with Crippen LogP contribution >= 0.6 is 0 Å². The van der Waals surface area contributed by atoms with Gasteiger partial charge < -0.3 is 15.2 Å². The Bertz CT molecular complexity index is 920. The molecule has 0 aromatic heterocycles. The first-order valence-electron chi connectivity index (χ1n) is 9.43. The van der Waals surface area contributed by atoms with Gasteiger partial charge in [-0.15, -0.1) is 0 Å². The summed E-state index contributed by atoms with van der Waals surface area (Å²) in [7, 11) is 0. The summed E-state index contributed by atoms with van der Waals surface area (Å²) in [5.41, 5.74) is 5.10. The summed E-state index contributed by atoms with van der Waals surface area (Å²) in [4.78, 5) is 12.9. The molecule has 0 saturated carbocycles. The van der Waals surface area contributed by atoms with Crippen molar-refractivity contribution in [3.63, 3.8) is 0 Å². The number of benzene rings is 3. The van der Waals surface area contributed by atoms with Crippen molar-refractivity contribution < 1.29 is 14.6 Å². The standard InChI is InChI=1S/C24H25NO3/c1-3-22(19-10-13-21(14-11-19)28-16-26)24(27)25-20-12-9-17(2)23(15-20)18-7-5-4-6-8-18/h4-15,22,26H,3,16H2,1-2H3,(H,25,27). The maximum absolute atomic E-state index is 12.9. The number of hydrogen-bond donors (Lipinski definition) is 2. The summed E-state index contributed by atoms with van der Waals surface area (Å²) >= 11 is 0. The molecule has 0 aliphatic rings. The van der Waals surface area contributed by atoms with Crippen LogP contribution in [0.2, 0.25) is 0 Å². The average molecular weight is 375 g/mol. The molecule has 3 aromatic carbocycles. The van der Waals surface area contributed by atoms with E-state index >= 15 is 0 Å². The molecular weight excluding hydrogens is 350 g/mol. The van der Waals surface area contributed by atoms with Crippen LogP contribution in [0.25, 0.3) is 11.1 Å². The van der Waals surface area contributed by atoms with E-state index in [2.05, 4.69) is 24.4 Å². The lowest BCUT2D eigenvalue weighted by Crippen LogP contribution is -2.20. The van der Waals surface area contributed by atoms with Crippen LogP contribution < -0.4 is 10.1 Å². The largest absolute Gasteiger partial charge is 0.468 e. The smallest absolute Gasteiger partial charge is 0.231 e. The van der Waals surface area contributed by atoms with E-state index in [0.717, 1.165) is 27.9 Å². The van der Waals surface area contributed by atoms with E-state index in [9.17, 15) is 4.79 Å². The van der Waals surface area contributed by atoms with Crippen molar-refractivity contribution in [3.05, 3.63) is 83.9 Å². The highest BCUT2D eigenvalue weighted by molar-refractivity contribution is 5.96. The predicted molar refractivity (Wildman–Crippen MR) is 112 cm³/mol. The fraction of sp³-hybridized carbons (Fsp3) is 0.208. The van der Waals surface area contributed by atoms with Gasteiger partial charge in [0.15, 0.2) is 6.79 Å². The van der Waals surface area contributed by atoms with Crippen LogP contribution in [0.4, 0.5) is 5.69 Å². The second-order valence-corrected chi connectivity index (χ2v) is 6.69. The third-order valence-corrected chi connectivity index (χ3v) is 4.83. The minimum atomic E-state index is -0.367. The zero-order chi connectivity index (χ0) is 19.9. The number of amides is 1. The van der Waals surface area contributed by atoms with E-state index in [1.54, 1.807) is 12.1 Å². The molecule has 0 spiro atoms. The highest BCUT2D eigenvalue weighted by Gasteiger charge is 2.19. The van der Waals surface area contributed by atoms with E-state index < -0.39 is 0 Å². The van der Waals surface area contributed by atoms with E-state index in [4.69, 9.17) is 9.84 Å². The number of carbonyl (C=O) groups excluding carboxylic acids is 1. The molecule has 4 nitrogen and oxygen atoms in total. The highest BCUT2D eigenvalue weighted by Crippen LogP contribution is 2.28. The van der Waals surface area contributed by atoms with Gasteiger partial charge in [-0.3, -0.25) is 4.79 Å². The van der Waals surface area contributed by atoms with Gasteiger partial charge in [-0.05, 0) is 59.9 Å². The van der Waals surface area contributed by atoms with Gasteiger partial charge in [-0.1, -0.05) is 55.5 Å². The van der Waals surface area contributed by atoms with Crippen LogP contribution in [-0.4, -0.2) is 17.8 Å². The molecule has 4 heteroatoms. The third kappa shape index (κ3) is 4.59. The zero-order valence-electron chi connectivity index (χ0n) is 16.2. The van der Waals surface area contributed by atoms with Gasteiger partial charge in [0.25, 0.3) is 0 Å². The summed E-state index contributed by atoms with van der Waals surface area (Å²) in [6.07, 6.45) is 0.684. The highest BCUT2D eigenvalue weighted by atomic mass is 16.6. The van der Waals surface area contributed by atoms with Gasteiger partial charge in [0, 0.05) is 5.69 Å². The lowest BCUT2D eigenvalue weighted by Gasteiger charge is -2.17. The van der Waals surface area contributed by atoms with Crippen molar-refractivity contribution >= 4 is 11.6 Å². The van der Waals surface area contributed by atoms with Crippen molar-refractivity contribution in [2.24, 2.45) is 0 Å². The average Bonchev–Trinajstić information content (AvgIpc) is 2.72. The normalized spacial score (nSPS) is 11.7. The molecule has 3 aromatic rings. The Kier molecular flexibility index (Phi) is 6.45. The summed E-state index contributed by atoms with van der Waals surface area (Å²) in [6.45, 7) is 3.69. The predicted octanol–water partition coefficient (Wildman–Crippen LogP) is 5.12. The first-order valence-corrected chi connectivity index (χ1v) is 9.43. The molecule has 144 valence electrons. The summed E-state index contributed by atoms with van der Waals surface area (Å²) in [6, 6.07) is 23.4. The van der Waals surface area contributed by atoms with Gasteiger partial charge in [-0.25, -0.2) is 0 Å². The second kappa shape index (κ2) is 9.20. The van der Waals surface area contributed by atoms with Gasteiger partial charge >= 0.3 is 0 Å². The number of rotatable bonds is 7. The van der Waals surface area contributed by atoms with Crippen molar-refractivity contribution in [1.82, 2.24) is 0 Å². The molecule has 3 rings (SSSR count). The summed E-state index contributed by atoms with van der Waals surface area (Å²) in [5, 5.41) is 11.9. The number of hydrogen-bond acceptors (Lipinski definition) is 3. The van der Waals surface area contributed by atoms with Crippen LogP contribution in [0, 0.1) is 6.92 Å². The number of ether oxygens (including phenoxy) is 1. The molecule has 0 radical (unpaired) electrons. The Morgan fingerprint density at radius 1 is 1.04 bits per heavy atom. The molecule has 1 unspecified atom stereocenters. The first kappa shape index (κ1) is 19.6. The van der Waals surface area contributed by atoms with E-state index in [1.807, 2.05) is 55.5 Å². The van der Waals surface area contributed by atoms with Crippen LogP contribution in [0.1, 0.15) is 30.4 Å². The number of carbonyl (C=O) groups is 1. The molecule has 1 atom stereocenters. The summed E-state index contributed by atoms with van der Waals surface area (Å²) < 4.78 is 5.05. The first-order chi connectivity index (χ1) is 13.6. The van der Waals surface area contributed by atoms with Crippen molar-refractivity contribution in [3.8, 4) is 16.9 Å². The molecule has 0 saturated heterocycles. The molecule has 28 heavy (non-hydrogen) atoms. The fourth-order valence-corrected chi connectivity index (χ4v) is 3.30. The molecule has 0 heterocycles. The molecule has 0 aliphatic carbocycles. The van der Waals surface area contributed by atoms with Crippen molar-refractivity contribution in [1.29, 1.82) is 0 Å². The molecule has 0 aliphatic heterocycles. The zero-order valence-corrected chi connectivity index (χ0v) is 16.2. The molecular formula is C24H25NO3. The number of aliphatic hydroxyl groups is 1. The monoisotopic (exact) mass is 375 g/mol. The lowest BCUT2D eigenvalue weighted by molar-refractivity contribution is -0.117. The van der Waals surface area contributed by atoms with Gasteiger partial charge in [0.1, 0.15) is 5.75 Å². The fourth-order valence-electron chi connectivity index (χ4n) is 3.30. The van der Waals surface area contributed by atoms with Crippen LogP contribution in [0.15, 0.2) is 72.8 Å². The molecule has 1 amide bonds.